The SMILES string of the molecule is Cc1cscc1C(O)Cc1ccc(Br)cc1. The number of hydrogen-bond donors (Lipinski definition) is 1. The molecule has 1 N–H and O–H groups in total. The van der Waals surface area contributed by atoms with Crippen LogP contribution in [0.1, 0.15) is 22.8 Å². The van der Waals surface area contributed by atoms with Gasteiger partial charge in [0.2, 0.25) is 0 Å². The molecule has 1 aromatic carbocycles. The van der Waals surface area contributed by atoms with Gasteiger partial charge in [0.15, 0.2) is 0 Å². The van der Waals surface area contributed by atoms with Crippen molar-refractivity contribution in [2.24, 2.45) is 0 Å². The van der Waals surface area contributed by atoms with E-state index in [0.717, 1.165) is 15.6 Å². The van der Waals surface area contributed by atoms with Gasteiger partial charge >= 0.3 is 0 Å². The number of thiophene rings is 1. The molecule has 0 aliphatic carbocycles. The maximum absolute atomic E-state index is 10.1. The largest absolute Gasteiger partial charge is 0.388 e. The van der Waals surface area contributed by atoms with Crippen molar-refractivity contribution in [3.05, 3.63) is 56.2 Å². The third-order valence-electron chi connectivity index (χ3n) is 2.60. The van der Waals surface area contributed by atoms with E-state index in [1.165, 1.54) is 5.56 Å². The highest BCUT2D eigenvalue weighted by molar-refractivity contribution is 9.10. The van der Waals surface area contributed by atoms with Gasteiger partial charge in [0.25, 0.3) is 0 Å². The molecular weight excluding hydrogens is 284 g/mol. The maximum Gasteiger partial charge on any atom is 0.0840 e. The molecule has 16 heavy (non-hydrogen) atoms. The summed E-state index contributed by atoms with van der Waals surface area (Å²) in [6.45, 7) is 2.04. The molecule has 1 heterocycles. The fourth-order valence-electron chi connectivity index (χ4n) is 1.67. The number of rotatable bonds is 3. The van der Waals surface area contributed by atoms with Crippen LogP contribution in [0.4, 0.5) is 0 Å². The smallest absolute Gasteiger partial charge is 0.0840 e. The van der Waals surface area contributed by atoms with E-state index in [2.05, 4.69) is 21.3 Å². The van der Waals surface area contributed by atoms with Crippen molar-refractivity contribution >= 4 is 27.3 Å². The Balaban J connectivity index is 2.10. The lowest BCUT2D eigenvalue weighted by Gasteiger charge is -2.10. The van der Waals surface area contributed by atoms with Gasteiger partial charge < -0.3 is 5.11 Å². The Morgan fingerprint density at radius 1 is 1.25 bits per heavy atom. The third-order valence-corrected chi connectivity index (χ3v) is 4.00. The molecule has 84 valence electrons. The van der Waals surface area contributed by atoms with Gasteiger partial charge in [-0.25, -0.2) is 0 Å². The fraction of sp³-hybridized carbons (Fsp3) is 0.231. The first kappa shape index (κ1) is 11.8. The van der Waals surface area contributed by atoms with Crippen LogP contribution in [-0.2, 0) is 6.42 Å². The van der Waals surface area contributed by atoms with Crippen molar-refractivity contribution in [3.63, 3.8) is 0 Å². The Bertz CT molecular complexity index is 461. The summed E-state index contributed by atoms with van der Waals surface area (Å²) in [5.74, 6) is 0. The molecule has 2 aromatic rings. The summed E-state index contributed by atoms with van der Waals surface area (Å²) in [6.07, 6.45) is 0.276. The highest BCUT2D eigenvalue weighted by Gasteiger charge is 2.11. The molecule has 1 aromatic heterocycles. The summed E-state index contributed by atoms with van der Waals surface area (Å²) in [6, 6.07) is 8.08. The zero-order valence-corrected chi connectivity index (χ0v) is 11.4. The number of benzene rings is 1. The number of aliphatic hydroxyl groups excluding tert-OH is 1. The quantitative estimate of drug-likeness (QED) is 0.904. The van der Waals surface area contributed by atoms with E-state index in [4.69, 9.17) is 0 Å². The normalized spacial score (nSPS) is 12.7. The van der Waals surface area contributed by atoms with E-state index in [9.17, 15) is 5.11 Å². The Morgan fingerprint density at radius 2 is 1.94 bits per heavy atom. The lowest BCUT2D eigenvalue weighted by molar-refractivity contribution is 0.178. The maximum atomic E-state index is 10.1. The summed E-state index contributed by atoms with van der Waals surface area (Å²) in [5.41, 5.74) is 3.38. The van der Waals surface area contributed by atoms with Gasteiger partial charge in [-0.2, -0.15) is 11.3 Å². The lowest BCUT2D eigenvalue weighted by atomic mass is 10.0. The van der Waals surface area contributed by atoms with E-state index in [0.29, 0.717) is 6.42 Å². The molecule has 3 heteroatoms. The van der Waals surface area contributed by atoms with E-state index in [-0.39, 0.29) is 0 Å². The van der Waals surface area contributed by atoms with Crippen molar-refractivity contribution in [2.75, 3.05) is 0 Å². The predicted molar refractivity (Wildman–Crippen MR) is 71.9 cm³/mol. The van der Waals surface area contributed by atoms with Crippen molar-refractivity contribution in [1.82, 2.24) is 0 Å². The average molecular weight is 297 g/mol. The Kier molecular flexibility index (Phi) is 3.79. The minimum Gasteiger partial charge on any atom is -0.388 e. The van der Waals surface area contributed by atoms with E-state index >= 15 is 0 Å². The summed E-state index contributed by atoms with van der Waals surface area (Å²) >= 11 is 5.04. The summed E-state index contributed by atoms with van der Waals surface area (Å²) in [4.78, 5) is 0. The number of aryl methyl sites for hydroxylation is 1. The Labute approximate surface area is 108 Å². The van der Waals surface area contributed by atoms with Crippen LogP contribution in [0, 0.1) is 6.92 Å². The number of aliphatic hydroxyl groups is 1. The van der Waals surface area contributed by atoms with Crippen molar-refractivity contribution in [2.45, 2.75) is 19.4 Å². The molecule has 1 nitrogen and oxygen atoms in total. The second kappa shape index (κ2) is 5.13. The van der Waals surface area contributed by atoms with Crippen LogP contribution >= 0.6 is 27.3 Å². The molecule has 0 radical (unpaired) electrons. The molecule has 0 amide bonds. The zero-order chi connectivity index (χ0) is 11.5. The van der Waals surface area contributed by atoms with Crippen molar-refractivity contribution < 1.29 is 5.11 Å². The van der Waals surface area contributed by atoms with Crippen LogP contribution in [0.5, 0.6) is 0 Å². The third kappa shape index (κ3) is 2.73. The van der Waals surface area contributed by atoms with Crippen molar-refractivity contribution in [3.8, 4) is 0 Å². The van der Waals surface area contributed by atoms with Gasteiger partial charge in [0.1, 0.15) is 0 Å². The minimum absolute atomic E-state index is 0.396. The van der Waals surface area contributed by atoms with Crippen LogP contribution in [0.25, 0.3) is 0 Å². The van der Waals surface area contributed by atoms with Gasteiger partial charge in [-0.1, -0.05) is 28.1 Å². The number of hydrogen-bond acceptors (Lipinski definition) is 2. The highest BCUT2D eigenvalue weighted by Crippen LogP contribution is 2.25. The van der Waals surface area contributed by atoms with Crippen LogP contribution in [0.2, 0.25) is 0 Å². The zero-order valence-electron chi connectivity index (χ0n) is 8.98. The second-order valence-electron chi connectivity index (χ2n) is 3.86. The van der Waals surface area contributed by atoms with E-state index in [1.807, 2.05) is 36.6 Å². The topological polar surface area (TPSA) is 20.2 Å². The molecule has 0 saturated carbocycles. The molecule has 1 unspecified atom stereocenters. The Hall–Kier alpha value is -0.640. The molecule has 2 rings (SSSR count). The van der Waals surface area contributed by atoms with E-state index < -0.39 is 6.10 Å². The van der Waals surface area contributed by atoms with Gasteiger partial charge in [0.05, 0.1) is 6.10 Å². The molecule has 0 saturated heterocycles. The van der Waals surface area contributed by atoms with Gasteiger partial charge in [-0.15, -0.1) is 0 Å². The first-order valence-corrected chi connectivity index (χ1v) is 6.85. The van der Waals surface area contributed by atoms with Crippen LogP contribution < -0.4 is 0 Å². The van der Waals surface area contributed by atoms with Gasteiger partial charge in [0, 0.05) is 10.9 Å². The first-order valence-electron chi connectivity index (χ1n) is 5.12. The van der Waals surface area contributed by atoms with Crippen LogP contribution in [-0.4, -0.2) is 5.11 Å². The standard InChI is InChI=1S/C13H13BrOS/c1-9-7-16-8-12(9)13(15)6-10-2-4-11(14)5-3-10/h2-5,7-8,13,15H,6H2,1H3. The molecule has 1 atom stereocenters. The van der Waals surface area contributed by atoms with E-state index in [1.54, 1.807) is 11.3 Å². The molecular formula is C13H13BrOS. The summed E-state index contributed by atoms with van der Waals surface area (Å²) in [7, 11) is 0. The molecule has 0 bridgehead atoms. The highest BCUT2D eigenvalue weighted by atomic mass is 79.9. The average Bonchev–Trinajstić information content (AvgIpc) is 2.68. The van der Waals surface area contributed by atoms with Crippen molar-refractivity contribution in [1.29, 1.82) is 0 Å². The molecule has 0 aliphatic rings. The molecule has 0 fully saturated rings. The monoisotopic (exact) mass is 296 g/mol. The number of halogens is 1. The first-order chi connectivity index (χ1) is 7.66. The molecule has 0 spiro atoms. The fourth-order valence-corrected chi connectivity index (χ4v) is 2.83. The predicted octanol–water partition coefficient (Wildman–Crippen LogP) is 4.10. The van der Waals surface area contributed by atoms with Crippen LogP contribution in [0.3, 0.4) is 0 Å². The second-order valence-corrected chi connectivity index (χ2v) is 5.52. The summed E-state index contributed by atoms with van der Waals surface area (Å²) < 4.78 is 1.07. The Morgan fingerprint density at radius 3 is 2.50 bits per heavy atom. The van der Waals surface area contributed by atoms with Gasteiger partial charge in [-0.3, -0.25) is 0 Å². The van der Waals surface area contributed by atoms with Crippen LogP contribution in [0.15, 0.2) is 39.5 Å². The summed E-state index contributed by atoms with van der Waals surface area (Å²) in [5, 5.41) is 14.2. The molecule has 0 aliphatic heterocycles. The van der Waals surface area contributed by atoms with Gasteiger partial charge in [-0.05, 0) is 46.5 Å². The lowest BCUT2D eigenvalue weighted by Crippen LogP contribution is -2.01. The minimum atomic E-state index is -0.396.